The third-order valence-corrected chi connectivity index (χ3v) is 13.6. The van der Waals surface area contributed by atoms with Crippen molar-refractivity contribution in [3.63, 3.8) is 0 Å². The van der Waals surface area contributed by atoms with Gasteiger partial charge in [0.25, 0.3) is 7.82 Å². The molecule has 1 amide bonds. The maximum atomic E-state index is 13.0. The zero-order valence-electron chi connectivity index (χ0n) is 45.8. The Balaban J connectivity index is 4.18. The Morgan fingerprint density at radius 1 is 0.522 bits per heavy atom. The third kappa shape index (κ3) is 53.6. The number of unbranched alkanes of at least 4 members (excludes halogenated alkanes) is 29. The van der Waals surface area contributed by atoms with E-state index in [1.165, 1.54) is 167 Å². The van der Waals surface area contributed by atoms with Crippen molar-refractivity contribution in [3.05, 3.63) is 72.9 Å². The van der Waals surface area contributed by atoms with E-state index in [2.05, 4.69) is 79.9 Å². The van der Waals surface area contributed by atoms with E-state index in [4.69, 9.17) is 9.05 Å². The van der Waals surface area contributed by atoms with Crippen molar-refractivity contribution in [2.24, 2.45) is 0 Å². The van der Waals surface area contributed by atoms with Gasteiger partial charge in [-0.1, -0.05) is 247 Å². The molecule has 0 rings (SSSR count). The summed E-state index contributed by atoms with van der Waals surface area (Å²) in [6.07, 6.45) is 69.8. The molecule has 0 saturated heterocycles. The summed E-state index contributed by atoms with van der Waals surface area (Å²) in [6, 6.07) is -0.906. The standard InChI is InChI=1S/C60H111N2O6P/c1-6-8-10-12-14-16-18-20-22-24-26-27-28-29-30-31-32-33-34-35-36-38-40-42-44-46-48-50-52-54-60(64)61-58(57-68-69(65,66)67-56-55-62(3,4)5)59(63)53-51-49-47-45-43-41-39-37-25-23-21-19-17-15-13-11-9-7-2/h8,10,14,16,20,22,26-27,43,45,51,53,58-59,63H,6-7,9,11-13,15,17-19,21,23-25,28-42,44,46-50,52,54-57H2,1-5H3,(H-,61,64,65,66)/b10-8-,16-14-,22-20-,27-26-,45-43+,53-51+. The molecule has 0 heterocycles. The highest BCUT2D eigenvalue weighted by molar-refractivity contribution is 7.45. The lowest BCUT2D eigenvalue weighted by Gasteiger charge is -2.29. The number of rotatable bonds is 52. The summed E-state index contributed by atoms with van der Waals surface area (Å²) >= 11 is 0. The van der Waals surface area contributed by atoms with Gasteiger partial charge in [-0.15, -0.1) is 0 Å². The molecule has 69 heavy (non-hydrogen) atoms. The maximum absolute atomic E-state index is 13.0. The van der Waals surface area contributed by atoms with E-state index in [-0.39, 0.29) is 12.5 Å². The van der Waals surface area contributed by atoms with Gasteiger partial charge in [0.1, 0.15) is 13.2 Å². The zero-order chi connectivity index (χ0) is 50.6. The quantitative estimate of drug-likeness (QED) is 0.0272. The summed E-state index contributed by atoms with van der Waals surface area (Å²) in [5.41, 5.74) is 0. The predicted octanol–water partition coefficient (Wildman–Crippen LogP) is 16.9. The van der Waals surface area contributed by atoms with Crippen LogP contribution in [0.1, 0.15) is 251 Å². The smallest absolute Gasteiger partial charge is 0.268 e. The number of carbonyl (C=O) groups is 1. The third-order valence-electron chi connectivity index (χ3n) is 12.7. The van der Waals surface area contributed by atoms with E-state index in [1.807, 2.05) is 27.2 Å². The molecule has 0 bridgehead atoms. The van der Waals surface area contributed by atoms with E-state index in [0.29, 0.717) is 17.4 Å². The van der Waals surface area contributed by atoms with Gasteiger partial charge in [-0.2, -0.15) is 0 Å². The largest absolute Gasteiger partial charge is 0.756 e. The number of aliphatic hydroxyl groups excluding tert-OH is 1. The first-order valence-electron chi connectivity index (χ1n) is 28.8. The van der Waals surface area contributed by atoms with Crippen LogP contribution in [0, 0.1) is 0 Å². The van der Waals surface area contributed by atoms with Gasteiger partial charge in [0.05, 0.1) is 39.9 Å². The van der Waals surface area contributed by atoms with Gasteiger partial charge in [0.2, 0.25) is 5.91 Å². The number of carbonyl (C=O) groups excluding carboxylic acids is 1. The van der Waals surface area contributed by atoms with Crippen LogP contribution < -0.4 is 10.2 Å². The van der Waals surface area contributed by atoms with Crippen molar-refractivity contribution in [2.45, 2.75) is 264 Å². The van der Waals surface area contributed by atoms with Crippen molar-refractivity contribution in [1.29, 1.82) is 0 Å². The normalized spacial score (nSPS) is 14.5. The molecule has 402 valence electrons. The molecule has 8 nitrogen and oxygen atoms in total. The molecule has 3 atom stereocenters. The SMILES string of the molecule is CC/C=C\C/C=C\C/C=C\C/C=C\CCCCCCCCCCCCCCCCCCC(=O)NC(COP(=O)([O-])OCC[N+](C)(C)C)C(O)/C=C/CC/C=C/CCCCCCCCCCCCCC. The minimum absolute atomic E-state index is 0.00776. The molecule has 0 aromatic heterocycles. The molecule has 0 fully saturated rings. The number of allylic oxidation sites excluding steroid dienone is 11. The molecule has 0 aromatic rings. The molecule has 3 unspecified atom stereocenters. The van der Waals surface area contributed by atoms with E-state index >= 15 is 0 Å². The highest BCUT2D eigenvalue weighted by Gasteiger charge is 2.23. The number of hydrogen-bond donors (Lipinski definition) is 2. The number of nitrogens with zero attached hydrogens (tertiary/aromatic N) is 1. The van der Waals surface area contributed by atoms with Gasteiger partial charge in [-0.05, 0) is 70.6 Å². The number of likely N-dealkylation sites (N-methyl/N-ethyl adjacent to an activating group) is 1. The van der Waals surface area contributed by atoms with Crippen LogP contribution in [0.3, 0.4) is 0 Å². The van der Waals surface area contributed by atoms with Crippen LogP contribution in [0.4, 0.5) is 0 Å². The predicted molar refractivity (Wildman–Crippen MR) is 297 cm³/mol. The van der Waals surface area contributed by atoms with Gasteiger partial charge in [-0.25, -0.2) is 0 Å². The lowest BCUT2D eigenvalue weighted by molar-refractivity contribution is -0.870. The van der Waals surface area contributed by atoms with Gasteiger partial charge in [0.15, 0.2) is 0 Å². The van der Waals surface area contributed by atoms with Crippen LogP contribution in [0.25, 0.3) is 0 Å². The number of aliphatic hydroxyl groups is 1. The molecular formula is C60H111N2O6P. The minimum atomic E-state index is -4.61. The van der Waals surface area contributed by atoms with Crippen molar-refractivity contribution in [3.8, 4) is 0 Å². The Bertz CT molecular complexity index is 1350. The molecule has 0 saturated carbocycles. The van der Waals surface area contributed by atoms with Crippen LogP contribution >= 0.6 is 7.82 Å². The molecule has 9 heteroatoms. The Morgan fingerprint density at radius 3 is 1.35 bits per heavy atom. The molecular weight excluding hydrogens is 876 g/mol. The van der Waals surface area contributed by atoms with E-state index in [9.17, 15) is 19.4 Å². The Labute approximate surface area is 427 Å². The van der Waals surface area contributed by atoms with Crippen molar-refractivity contribution in [2.75, 3.05) is 40.9 Å². The Morgan fingerprint density at radius 2 is 0.899 bits per heavy atom. The second kappa shape index (κ2) is 50.9. The first-order chi connectivity index (χ1) is 33.5. The van der Waals surface area contributed by atoms with Crippen LogP contribution in [-0.2, 0) is 18.4 Å². The van der Waals surface area contributed by atoms with Crippen molar-refractivity contribution in [1.82, 2.24) is 5.32 Å². The molecule has 0 aliphatic carbocycles. The molecule has 0 radical (unpaired) electrons. The van der Waals surface area contributed by atoms with Crippen molar-refractivity contribution >= 4 is 13.7 Å². The Kier molecular flexibility index (Phi) is 49.3. The van der Waals surface area contributed by atoms with Gasteiger partial charge >= 0.3 is 0 Å². The average Bonchev–Trinajstić information content (AvgIpc) is 3.31. The molecule has 0 aliphatic heterocycles. The second-order valence-electron chi connectivity index (χ2n) is 20.6. The monoisotopic (exact) mass is 987 g/mol. The summed E-state index contributed by atoms with van der Waals surface area (Å²) in [7, 11) is 1.24. The lowest BCUT2D eigenvalue weighted by Crippen LogP contribution is -2.45. The minimum Gasteiger partial charge on any atom is -0.756 e. The number of amides is 1. The Hall–Kier alpha value is -2.06. The van der Waals surface area contributed by atoms with Crippen LogP contribution in [0.15, 0.2) is 72.9 Å². The summed E-state index contributed by atoms with van der Waals surface area (Å²) in [6.45, 7) is 4.53. The fourth-order valence-electron chi connectivity index (χ4n) is 8.16. The maximum Gasteiger partial charge on any atom is 0.268 e. The van der Waals surface area contributed by atoms with Crippen LogP contribution in [-0.4, -0.2) is 68.5 Å². The first kappa shape index (κ1) is 66.9. The molecule has 0 aliphatic rings. The molecule has 0 spiro atoms. The molecule has 0 aromatic carbocycles. The average molecular weight is 988 g/mol. The van der Waals surface area contributed by atoms with Gasteiger partial charge < -0.3 is 28.8 Å². The second-order valence-corrected chi connectivity index (χ2v) is 22.0. The highest BCUT2D eigenvalue weighted by Crippen LogP contribution is 2.38. The van der Waals surface area contributed by atoms with E-state index < -0.39 is 26.6 Å². The first-order valence-corrected chi connectivity index (χ1v) is 30.3. The number of phosphoric ester groups is 1. The summed E-state index contributed by atoms with van der Waals surface area (Å²) in [5, 5.41) is 13.9. The topological polar surface area (TPSA) is 108 Å². The molecule has 2 N–H and O–H groups in total. The number of nitrogens with one attached hydrogen (secondary N) is 1. The van der Waals surface area contributed by atoms with Crippen LogP contribution in [0.2, 0.25) is 0 Å². The van der Waals surface area contributed by atoms with Gasteiger partial charge in [0, 0.05) is 6.42 Å². The fourth-order valence-corrected chi connectivity index (χ4v) is 8.88. The van der Waals surface area contributed by atoms with E-state index in [1.54, 1.807) is 6.08 Å². The summed E-state index contributed by atoms with van der Waals surface area (Å²) < 4.78 is 23.3. The lowest BCUT2D eigenvalue weighted by atomic mass is 10.0. The number of hydrogen-bond acceptors (Lipinski definition) is 6. The number of quaternary nitrogens is 1. The van der Waals surface area contributed by atoms with E-state index in [0.717, 1.165) is 64.2 Å². The van der Waals surface area contributed by atoms with Crippen LogP contribution in [0.5, 0.6) is 0 Å². The van der Waals surface area contributed by atoms with Crippen molar-refractivity contribution < 1.29 is 32.9 Å². The summed E-state index contributed by atoms with van der Waals surface area (Å²) in [5.74, 6) is -0.207. The zero-order valence-corrected chi connectivity index (χ0v) is 46.6. The highest BCUT2D eigenvalue weighted by atomic mass is 31.2. The van der Waals surface area contributed by atoms with Gasteiger partial charge in [-0.3, -0.25) is 9.36 Å². The summed E-state index contributed by atoms with van der Waals surface area (Å²) in [4.78, 5) is 25.5. The fraction of sp³-hybridized carbons (Fsp3) is 0.783. The number of phosphoric acid groups is 1.